The third-order valence-corrected chi connectivity index (χ3v) is 3.02. The van der Waals surface area contributed by atoms with E-state index >= 15 is 0 Å². The molecule has 0 amide bonds. The number of nitrogens with one attached hydrogen (secondary N) is 1. The lowest BCUT2D eigenvalue weighted by molar-refractivity contribution is -0.138. The van der Waals surface area contributed by atoms with Gasteiger partial charge in [-0.15, -0.1) is 0 Å². The molecule has 19 heavy (non-hydrogen) atoms. The van der Waals surface area contributed by atoms with Gasteiger partial charge in [0.1, 0.15) is 0 Å². The molecule has 1 aromatic carbocycles. The van der Waals surface area contributed by atoms with Crippen LogP contribution >= 0.6 is 0 Å². The lowest BCUT2D eigenvalue weighted by Crippen LogP contribution is -2.18. The van der Waals surface area contributed by atoms with Crippen molar-refractivity contribution in [2.75, 3.05) is 6.54 Å². The molecule has 108 valence electrons. The number of unbranched alkanes of at least 4 members (excludes halogenated alkanes) is 1. The molecule has 0 spiro atoms. The first-order valence-corrected chi connectivity index (χ1v) is 6.77. The Morgan fingerprint density at radius 3 is 2.42 bits per heavy atom. The molecule has 0 aliphatic heterocycles. The zero-order valence-electron chi connectivity index (χ0n) is 11.6. The van der Waals surface area contributed by atoms with E-state index in [9.17, 15) is 13.2 Å². The SMILES string of the molecule is CC(C)CCCCNCc1ccccc1C(F)(F)F. The van der Waals surface area contributed by atoms with E-state index in [1.807, 2.05) is 0 Å². The van der Waals surface area contributed by atoms with Gasteiger partial charge in [0.15, 0.2) is 0 Å². The molecule has 1 aromatic rings. The van der Waals surface area contributed by atoms with Gasteiger partial charge in [0.25, 0.3) is 0 Å². The van der Waals surface area contributed by atoms with Crippen LogP contribution in [0.4, 0.5) is 13.2 Å². The van der Waals surface area contributed by atoms with Gasteiger partial charge in [-0.05, 0) is 30.5 Å². The van der Waals surface area contributed by atoms with Gasteiger partial charge in [-0.2, -0.15) is 13.2 Å². The first-order chi connectivity index (χ1) is 8.91. The lowest BCUT2D eigenvalue weighted by atomic mass is 10.1. The van der Waals surface area contributed by atoms with Gasteiger partial charge >= 0.3 is 6.18 Å². The summed E-state index contributed by atoms with van der Waals surface area (Å²) in [6, 6.07) is 5.74. The molecule has 0 aliphatic rings. The van der Waals surface area contributed by atoms with Crippen molar-refractivity contribution in [3.05, 3.63) is 35.4 Å². The smallest absolute Gasteiger partial charge is 0.313 e. The van der Waals surface area contributed by atoms with E-state index in [2.05, 4.69) is 19.2 Å². The van der Waals surface area contributed by atoms with Crippen LogP contribution in [-0.2, 0) is 12.7 Å². The van der Waals surface area contributed by atoms with Crippen molar-refractivity contribution >= 4 is 0 Å². The van der Waals surface area contributed by atoms with E-state index in [1.165, 1.54) is 18.6 Å². The second kappa shape index (κ2) is 7.53. The van der Waals surface area contributed by atoms with Gasteiger partial charge in [-0.1, -0.05) is 44.9 Å². The number of hydrogen-bond acceptors (Lipinski definition) is 1. The van der Waals surface area contributed by atoms with Crippen LogP contribution in [0.3, 0.4) is 0 Å². The van der Waals surface area contributed by atoms with Crippen LogP contribution in [0.1, 0.15) is 44.2 Å². The minimum absolute atomic E-state index is 0.275. The van der Waals surface area contributed by atoms with Crippen molar-refractivity contribution in [1.29, 1.82) is 0 Å². The molecule has 0 saturated heterocycles. The minimum atomic E-state index is -4.27. The number of hydrogen-bond donors (Lipinski definition) is 1. The third kappa shape index (κ3) is 6.10. The average Bonchev–Trinajstić information content (AvgIpc) is 2.32. The van der Waals surface area contributed by atoms with Crippen LogP contribution in [0.2, 0.25) is 0 Å². The fourth-order valence-electron chi connectivity index (χ4n) is 1.98. The van der Waals surface area contributed by atoms with Gasteiger partial charge < -0.3 is 5.32 Å². The Balaban J connectivity index is 2.37. The summed E-state index contributed by atoms with van der Waals surface area (Å²) in [7, 11) is 0. The lowest BCUT2D eigenvalue weighted by Gasteiger charge is -2.13. The summed E-state index contributed by atoms with van der Waals surface area (Å²) in [5.41, 5.74) is -0.219. The maximum atomic E-state index is 12.7. The monoisotopic (exact) mass is 273 g/mol. The van der Waals surface area contributed by atoms with Gasteiger partial charge in [-0.3, -0.25) is 0 Å². The Kier molecular flexibility index (Phi) is 6.35. The molecule has 4 heteroatoms. The van der Waals surface area contributed by atoms with E-state index in [-0.39, 0.29) is 6.54 Å². The molecule has 1 rings (SSSR count). The first-order valence-electron chi connectivity index (χ1n) is 6.77. The summed E-state index contributed by atoms with van der Waals surface area (Å²) in [5, 5.41) is 3.09. The first kappa shape index (κ1) is 16.0. The van der Waals surface area contributed by atoms with Crippen molar-refractivity contribution in [2.45, 2.75) is 45.8 Å². The molecule has 1 N–H and O–H groups in total. The molecular formula is C15H22F3N. The van der Waals surface area contributed by atoms with Crippen molar-refractivity contribution in [1.82, 2.24) is 5.32 Å². The predicted molar refractivity (Wildman–Crippen MR) is 71.8 cm³/mol. The number of benzene rings is 1. The Morgan fingerprint density at radius 2 is 1.79 bits per heavy atom. The maximum absolute atomic E-state index is 12.7. The average molecular weight is 273 g/mol. The molecule has 0 unspecified atom stereocenters. The summed E-state index contributed by atoms with van der Waals surface area (Å²) in [4.78, 5) is 0. The van der Waals surface area contributed by atoms with E-state index < -0.39 is 11.7 Å². The van der Waals surface area contributed by atoms with Gasteiger partial charge in [0.05, 0.1) is 5.56 Å². The van der Waals surface area contributed by atoms with Crippen molar-refractivity contribution in [3.63, 3.8) is 0 Å². The van der Waals surface area contributed by atoms with Crippen LogP contribution < -0.4 is 5.32 Å². The molecule has 0 aromatic heterocycles. The zero-order chi connectivity index (χ0) is 14.3. The van der Waals surface area contributed by atoms with Gasteiger partial charge in [-0.25, -0.2) is 0 Å². The van der Waals surface area contributed by atoms with Gasteiger partial charge in [0.2, 0.25) is 0 Å². The van der Waals surface area contributed by atoms with Crippen LogP contribution in [0, 0.1) is 5.92 Å². The van der Waals surface area contributed by atoms with Crippen molar-refractivity contribution < 1.29 is 13.2 Å². The van der Waals surface area contributed by atoms with Crippen molar-refractivity contribution in [2.24, 2.45) is 5.92 Å². The van der Waals surface area contributed by atoms with E-state index in [4.69, 9.17) is 0 Å². The van der Waals surface area contributed by atoms with Crippen molar-refractivity contribution in [3.8, 4) is 0 Å². The highest BCUT2D eigenvalue weighted by Crippen LogP contribution is 2.31. The highest BCUT2D eigenvalue weighted by molar-refractivity contribution is 5.29. The zero-order valence-corrected chi connectivity index (χ0v) is 11.6. The summed E-state index contributed by atoms with van der Waals surface area (Å²) in [6.07, 6.45) is -0.977. The summed E-state index contributed by atoms with van der Waals surface area (Å²) in [5.74, 6) is 0.686. The molecule has 0 heterocycles. The van der Waals surface area contributed by atoms with E-state index in [0.717, 1.165) is 25.5 Å². The minimum Gasteiger partial charge on any atom is -0.313 e. The second-order valence-corrected chi connectivity index (χ2v) is 5.22. The molecule has 0 atom stereocenters. The van der Waals surface area contributed by atoms with E-state index in [1.54, 1.807) is 6.07 Å². The Hall–Kier alpha value is -1.03. The highest BCUT2D eigenvalue weighted by atomic mass is 19.4. The quantitative estimate of drug-likeness (QED) is 0.715. The summed E-state index contributed by atoms with van der Waals surface area (Å²) >= 11 is 0. The Bertz CT molecular complexity index is 372. The summed E-state index contributed by atoms with van der Waals surface area (Å²) in [6.45, 7) is 5.39. The van der Waals surface area contributed by atoms with Crippen LogP contribution in [0.15, 0.2) is 24.3 Å². The number of halogens is 3. The molecule has 0 radical (unpaired) electrons. The van der Waals surface area contributed by atoms with Gasteiger partial charge in [0, 0.05) is 6.54 Å². The largest absolute Gasteiger partial charge is 0.416 e. The summed E-state index contributed by atoms with van der Waals surface area (Å²) < 4.78 is 38.2. The Morgan fingerprint density at radius 1 is 1.11 bits per heavy atom. The molecule has 0 fully saturated rings. The maximum Gasteiger partial charge on any atom is 0.416 e. The second-order valence-electron chi connectivity index (χ2n) is 5.22. The van der Waals surface area contributed by atoms with Crippen LogP contribution in [0.5, 0.6) is 0 Å². The molecule has 0 bridgehead atoms. The predicted octanol–water partition coefficient (Wildman–Crippen LogP) is 4.62. The van der Waals surface area contributed by atoms with E-state index in [0.29, 0.717) is 11.5 Å². The van der Waals surface area contributed by atoms with Crippen LogP contribution in [-0.4, -0.2) is 6.54 Å². The third-order valence-electron chi connectivity index (χ3n) is 3.02. The standard InChI is InChI=1S/C15H22F3N/c1-12(2)7-5-6-10-19-11-13-8-3-4-9-14(13)15(16,17)18/h3-4,8-9,12,19H,5-7,10-11H2,1-2H3. The molecule has 0 aliphatic carbocycles. The highest BCUT2D eigenvalue weighted by Gasteiger charge is 2.32. The fourth-order valence-corrected chi connectivity index (χ4v) is 1.98. The molecule has 0 saturated carbocycles. The normalized spacial score (nSPS) is 12.1. The topological polar surface area (TPSA) is 12.0 Å². The van der Waals surface area contributed by atoms with Crippen LogP contribution in [0.25, 0.3) is 0 Å². The molecular weight excluding hydrogens is 251 g/mol. The number of alkyl halides is 3. The number of rotatable bonds is 7. The Labute approximate surface area is 113 Å². The molecule has 1 nitrogen and oxygen atoms in total. The fraction of sp³-hybridized carbons (Fsp3) is 0.600.